The van der Waals surface area contributed by atoms with Gasteiger partial charge in [0, 0.05) is 11.1 Å². The van der Waals surface area contributed by atoms with E-state index in [2.05, 4.69) is 21.2 Å². The Hall–Kier alpha value is -1.08. The maximum Gasteiger partial charge on any atom is 0.417 e. The molecule has 1 aromatic rings. The number of alkyl halides is 3. The van der Waals surface area contributed by atoms with Crippen LogP contribution in [-0.4, -0.2) is 24.7 Å². The number of ether oxygens (including phenoxy) is 1. The minimum absolute atomic E-state index is 0.140. The Morgan fingerprint density at radius 2 is 2.19 bits per heavy atom. The highest BCUT2D eigenvalue weighted by Crippen LogP contribution is 2.34. The molecule has 0 saturated carbocycles. The lowest BCUT2D eigenvalue weighted by Crippen LogP contribution is -2.41. The average molecular weight is 366 g/mol. The van der Waals surface area contributed by atoms with Crippen LogP contribution in [0.1, 0.15) is 35.7 Å². The Bertz CT molecular complexity index is 527. The van der Waals surface area contributed by atoms with Gasteiger partial charge in [-0.25, -0.2) is 0 Å². The summed E-state index contributed by atoms with van der Waals surface area (Å²) in [5, 5.41) is 2.59. The fourth-order valence-corrected chi connectivity index (χ4v) is 2.68. The minimum atomic E-state index is -4.58. The number of carbonyl (C=O) groups excluding carboxylic acids is 1. The molecule has 1 N–H and O–H groups in total. The first kappa shape index (κ1) is 16.3. The van der Waals surface area contributed by atoms with Crippen molar-refractivity contribution in [3.05, 3.63) is 33.8 Å². The Labute approximate surface area is 129 Å². The number of hydrogen-bond acceptors (Lipinski definition) is 2. The van der Waals surface area contributed by atoms with Crippen molar-refractivity contribution in [2.45, 2.75) is 38.1 Å². The third-order valence-electron chi connectivity index (χ3n) is 3.41. The first-order chi connectivity index (χ1) is 9.79. The van der Waals surface area contributed by atoms with E-state index in [9.17, 15) is 18.0 Å². The third kappa shape index (κ3) is 3.97. The lowest BCUT2D eigenvalue weighted by atomic mass is 10.0. The van der Waals surface area contributed by atoms with Crippen molar-refractivity contribution >= 4 is 21.8 Å². The first-order valence-electron chi connectivity index (χ1n) is 6.58. The molecule has 0 aliphatic carbocycles. The lowest BCUT2D eigenvalue weighted by Gasteiger charge is -2.21. The standard InChI is InChI=1S/C14H15BrF3NO2/c1-8(12-3-2-6-21-12)19-13(20)10-5-4-9(15)7-11(10)14(16,17)18/h4-5,7-8,12H,2-3,6H2,1H3,(H,19,20). The summed E-state index contributed by atoms with van der Waals surface area (Å²) in [7, 11) is 0. The molecule has 3 nitrogen and oxygen atoms in total. The molecule has 1 aliphatic rings. The SMILES string of the molecule is CC(NC(=O)c1ccc(Br)cc1C(F)(F)F)C1CCCO1. The fraction of sp³-hybridized carbons (Fsp3) is 0.500. The predicted molar refractivity (Wildman–Crippen MR) is 75.0 cm³/mol. The molecule has 0 bridgehead atoms. The topological polar surface area (TPSA) is 38.3 Å². The molecule has 0 radical (unpaired) electrons. The molecule has 116 valence electrons. The quantitative estimate of drug-likeness (QED) is 0.885. The van der Waals surface area contributed by atoms with E-state index < -0.39 is 17.6 Å². The van der Waals surface area contributed by atoms with Gasteiger partial charge in [0.2, 0.25) is 0 Å². The number of amides is 1. The van der Waals surface area contributed by atoms with Gasteiger partial charge in [-0.2, -0.15) is 13.2 Å². The zero-order valence-electron chi connectivity index (χ0n) is 11.3. The Kier molecular flexibility index (Phi) is 4.93. The second-order valence-electron chi connectivity index (χ2n) is 5.00. The van der Waals surface area contributed by atoms with Crippen LogP contribution in [0.3, 0.4) is 0 Å². The number of hydrogen-bond donors (Lipinski definition) is 1. The molecule has 2 unspecified atom stereocenters. The number of carbonyl (C=O) groups is 1. The van der Waals surface area contributed by atoms with Crippen LogP contribution in [0.15, 0.2) is 22.7 Å². The van der Waals surface area contributed by atoms with Crippen molar-refractivity contribution in [1.82, 2.24) is 5.32 Å². The highest BCUT2D eigenvalue weighted by molar-refractivity contribution is 9.10. The second-order valence-corrected chi connectivity index (χ2v) is 5.92. The van der Waals surface area contributed by atoms with Crippen molar-refractivity contribution in [2.24, 2.45) is 0 Å². The lowest BCUT2D eigenvalue weighted by molar-refractivity contribution is -0.138. The van der Waals surface area contributed by atoms with Crippen LogP contribution in [0.5, 0.6) is 0 Å². The van der Waals surface area contributed by atoms with Gasteiger partial charge in [-0.3, -0.25) is 4.79 Å². The first-order valence-corrected chi connectivity index (χ1v) is 7.37. The third-order valence-corrected chi connectivity index (χ3v) is 3.91. The largest absolute Gasteiger partial charge is 0.417 e. The predicted octanol–water partition coefficient (Wildman–Crippen LogP) is 3.77. The van der Waals surface area contributed by atoms with Crippen LogP contribution in [0.4, 0.5) is 13.2 Å². The molecule has 0 spiro atoms. The van der Waals surface area contributed by atoms with Gasteiger partial charge in [0.25, 0.3) is 5.91 Å². The van der Waals surface area contributed by atoms with E-state index in [1.807, 2.05) is 0 Å². The second kappa shape index (κ2) is 6.36. The Morgan fingerprint density at radius 1 is 1.48 bits per heavy atom. The minimum Gasteiger partial charge on any atom is -0.376 e. The molecular weight excluding hydrogens is 351 g/mol. The summed E-state index contributed by atoms with van der Waals surface area (Å²) in [6.45, 7) is 2.36. The fourth-order valence-electron chi connectivity index (χ4n) is 2.32. The van der Waals surface area contributed by atoms with Crippen LogP contribution in [0, 0.1) is 0 Å². The van der Waals surface area contributed by atoms with E-state index in [4.69, 9.17) is 4.74 Å². The highest BCUT2D eigenvalue weighted by atomic mass is 79.9. The number of nitrogens with one attached hydrogen (secondary N) is 1. The molecule has 1 aliphatic heterocycles. The Morgan fingerprint density at radius 3 is 2.76 bits per heavy atom. The smallest absolute Gasteiger partial charge is 0.376 e. The normalized spacial score (nSPS) is 20.3. The van der Waals surface area contributed by atoms with E-state index in [0.717, 1.165) is 18.9 Å². The number of halogens is 4. The van der Waals surface area contributed by atoms with Crippen LogP contribution in [0.2, 0.25) is 0 Å². The van der Waals surface area contributed by atoms with Crippen LogP contribution >= 0.6 is 15.9 Å². The number of rotatable bonds is 3. The van der Waals surface area contributed by atoms with Gasteiger partial charge < -0.3 is 10.1 Å². The zero-order valence-corrected chi connectivity index (χ0v) is 12.9. The molecular formula is C14H15BrF3NO2. The molecule has 2 rings (SSSR count). The molecule has 1 saturated heterocycles. The van der Waals surface area contributed by atoms with Gasteiger partial charge >= 0.3 is 6.18 Å². The van der Waals surface area contributed by atoms with Gasteiger partial charge in [0.15, 0.2) is 0 Å². The molecule has 1 amide bonds. The molecule has 21 heavy (non-hydrogen) atoms. The summed E-state index contributed by atoms with van der Waals surface area (Å²) in [4.78, 5) is 12.1. The summed E-state index contributed by atoms with van der Waals surface area (Å²) in [6, 6.07) is 3.17. The highest BCUT2D eigenvalue weighted by Gasteiger charge is 2.36. The maximum atomic E-state index is 13.0. The maximum absolute atomic E-state index is 13.0. The van der Waals surface area contributed by atoms with E-state index in [1.165, 1.54) is 12.1 Å². The number of benzene rings is 1. The molecule has 0 aromatic heterocycles. The molecule has 1 heterocycles. The van der Waals surface area contributed by atoms with Crippen LogP contribution in [-0.2, 0) is 10.9 Å². The van der Waals surface area contributed by atoms with E-state index in [0.29, 0.717) is 6.61 Å². The average Bonchev–Trinajstić information content (AvgIpc) is 2.91. The van der Waals surface area contributed by atoms with E-state index >= 15 is 0 Å². The van der Waals surface area contributed by atoms with Gasteiger partial charge in [-0.05, 0) is 38.0 Å². The van der Waals surface area contributed by atoms with Crippen LogP contribution in [0.25, 0.3) is 0 Å². The van der Waals surface area contributed by atoms with Gasteiger partial charge in [0.1, 0.15) is 0 Å². The summed E-state index contributed by atoms with van der Waals surface area (Å²) in [6.07, 6.45) is -3.02. The van der Waals surface area contributed by atoms with Crippen molar-refractivity contribution in [1.29, 1.82) is 0 Å². The van der Waals surface area contributed by atoms with Crippen molar-refractivity contribution < 1.29 is 22.7 Å². The summed E-state index contributed by atoms with van der Waals surface area (Å²) >= 11 is 2.99. The zero-order chi connectivity index (χ0) is 15.6. The Balaban J connectivity index is 2.18. The van der Waals surface area contributed by atoms with Crippen LogP contribution < -0.4 is 5.32 Å². The summed E-state index contributed by atoms with van der Waals surface area (Å²) in [5.41, 5.74) is -1.33. The van der Waals surface area contributed by atoms with Gasteiger partial charge in [0.05, 0.1) is 23.3 Å². The van der Waals surface area contributed by atoms with Crippen molar-refractivity contribution in [3.63, 3.8) is 0 Å². The van der Waals surface area contributed by atoms with E-state index in [1.54, 1.807) is 6.92 Å². The van der Waals surface area contributed by atoms with Gasteiger partial charge in [-0.1, -0.05) is 15.9 Å². The summed E-state index contributed by atoms with van der Waals surface area (Å²) < 4.78 is 44.7. The monoisotopic (exact) mass is 365 g/mol. The molecule has 7 heteroatoms. The summed E-state index contributed by atoms with van der Waals surface area (Å²) in [5.74, 6) is -0.738. The van der Waals surface area contributed by atoms with E-state index in [-0.39, 0.29) is 22.2 Å². The molecule has 1 fully saturated rings. The van der Waals surface area contributed by atoms with Crippen molar-refractivity contribution in [2.75, 3.05) is 6.61 Å². The molecule has 1 aromatic carbocycles. The molecule has 2 atom stereocenters. The van der Waals surface area contributed by atoms with Crippen molar-refractivity contribution in [3.8, 4) is 0 Å². The van der Waals surface area contributed by atoms with Gasteiger partial charge in [-0.15, -0.1) is 0 Å².